The number of amides is 1. The quantitative estimate of drug-likeness (QED) is 0.526. The van der Waals surface area contributed by atoms with E-state index >= 15 is 0 Å². The molecule has 0 atom stereocenters. The minimum Gasteiger partial charge on any atom is -0.493 e. The second kappa shape index (κ2) is 10.4. The minimum atomic E-state index is -0.322. The van der Waals surface area contributed by atoms with Crippen LogP contribution in [0.5, 0.6) is 11.5 Å². The monoisotopic (exact) mass is 390 g/mol. The number of carbonyl (C=O) groups excluding carboxylic acids is 1. The van der Waals surface area contributed by atoms with Crippen molar-refractivity contribution in [3.05, 3.63) is 58.6 Å². The maximum Gasteiger partial charge on any atom is 0.273 e. The first-order valence-corrected chi connectivity index (χ1v) is 8.91. The molecule has 0 spiro atoms. The van der Waals surface area contributed by atoms with Crippen LogP contribution in [-0.2, 0) is 16.1 Å². The molecule has 1 N–H and O–H groups in total. The Morgan fingerprint density at radius 1 is 1.11 bits per heavy atom. The molecule has 0 aliphatic rings. The fraction of sp³-hybridized carbons (Fsp3) is 0.300. The molecule has 7 heteroatoms. The number of benzene rings is 2. The van der Waals surface area contributed by atoms with E-state index in [1.165, 1.54) is 7.11 Å². The summed E-state index contributed by atoms with van der Waals surface area (Å²) in [7, 11) is 3.00. The van der Waals surface area contributed by atoms with Crippen LogP contribution in [0.25, 0.3) is 0 Å². The first-order valence-electron chi connectivity index (χ1n) is 8.54. The van der Waals surface area contributed by atoms with Crippen LogP contribution in [0.15, 0.2) is 47.6 Å². The van der Waals surface area contributed by atoms with E-state index in [0.717, 1.165) is 5.56 Å². The zero-order valence-corrected chi connectivity index (χ0v) is 16.4. The molecule has 2 rings (SSSR count). The molecular weight excluding hydrogens is 368 g/mol. The first-order chi connectivity index (χ1) is 13.1. The lowest BCUT2D eigenvalue weighted by molar-refractivity contribution is -0.114. The number of hydrogen-bond acceptors (Lipinski definition) is 5. The number of methoxy groups -OCH3 is 1. The highest BCUT2D eigenvalue weighted by Gasteiger charge is 2.15. The molecule has 0 fully saturated rings. The molecule has 0 unspecified atom stereocenters. The molecule has 0 saturated carbocycles. The number of carbonyl (C=O) groups is 1. The van der Waals surface area contributed by atoms with Crippen LogP contribution in [0, 0.1) is 0 Å². The maximum atomic E-state index is 12.5. The third-order valence-corrected chi connectivity index (χ3v) is 3.99. The summed E-state index contributed by atoms with van der Waals surface area (Å²) in [5.74, 6) is 1.05. The second-order valence-electron chi connectivity index (χ2n) is 5.55. The van der Waals surface area contributed by atoms with Gasteiger partial charge in [-0.2, -0.15) is 0 Å². The summed E-state index contributed by atoms with van der Waals surface area (Å²) in [4.78, 5) is 17.3. The highest BCUT2D eigenvalue weighted by Crippen LogP contribution is 2.28. The van der Waals surface area contributed by atoms with E-state index in [1.807, 2.05) is 25.1 Å². The summed E-state index contributed by atoms with van der Waals surface area (Å²) in [6.45, 7) is 2.92. The van der Waals surface area contributed by atoms with Crippen molar-refractivity contribution in [1.29, 1.82) is 0 Å². The zero-order chi connectivity index (χ0) is 19.6. The van der Waals surface area contributed by atoms with Crippen LogP contribution in [0.3, 0.4) is 0 Å². The molecule has 0 radical (unpaired) electrons. The summed E-state index contributed by atoms with van der Waals surface area (Å²) in [6, 6.07) is 12.5. The topological polar surface area (TPSA) is 69.2 Å². The Morgan fingerprint density at radius 3 is 2.48 bits per heavy atom. The van der Waals surface area contributed by atoms with Crippen molar-refractivity contribution >= 4 is 23.2 Å². The van der Waals surface area contributed by atoms with Crippen molar-refractivity contribution in [2.45, 2.75) is 13.3 Å². The molecule has 6 nitrogen and oxygen atoms in total. The Balaban J connectivity index is 1.99. The predicted molar refractivity (Wildman–Crippen MR) is 106 cm³/mol. The molecule has 0 aliphatic heterocycles. The SMILES string of the molecule is CCOc1ccc(CCNC(=O)C(=NOC)c2ccc(Cl)cc2)cc1OC. The average Bonchev–Trinajstić information content (AvgIpc) is 2.68. The van der Waals surface area contributed by atoms with Crippen molar-refractivity contribution in [2.24, 2.45) is 5.16 Å². The van der Waals surface area contributed by atoms with E-state index in [2.05, 4.69) is 10.5 Å². The van der Waals surface area contributed by atoms with Gasteiger partial charge in [0.1, 0.15) is 7.11 Å². The van der Waals surface area contributed by atoms with Crippen molar-refractivity contribution in [2.75, 3.05) is 27.4 Å². The molecule has 2 aromatic rings. The highest BCUT2D eigenvalue weighted by molar-refractivity contribution is 6.45. The van der Waals surface area contributed by atoms with Gasteiger partial charge in [-0.15, -0.1) is 0 Å². The number of halogens is 1. The molecule has 0 heterocycles. The number of ether oxygens (including phenoxy) is 2. The smallest absolute Gasteiger partial charge is 0.273 e. The largest absolute Gasteiger partial charge is 0.493 e. The predicted octanol–water partition coefficient (Wildman–Crippen LogP) is 3.46. The normalized spacial score (nSPS) is 11.0. The third kappa shape index (κ3) is 5.89. The minimum absolute atomic E-state index is 0.193. The molecule has 1 amide bonds. The summed E-state index contributed by atoms with van der Waals surface area (Å²) >= 11 is 5.89. The summed E-state index contributed by atoms with van der Waals surface area (Å²) in [5, 5.41) is 7.27. The fourth-order valence-electron chi connectivity index (χ4n) is 2.47. The van der Waals surface area contributed by atoms with Gasteiger partial charge in [-0.3, -0.25) is 4.79 Å². The van der Waals surface area contributed by atoms with Crippen LogP contribution >= 0.6 is 11.6 Å². The first kappa shape index (κ1) is 20.6. The fourth-order valence-corrected chi connectivity index (χ4v) is 2.60. The van der Waals surface area contributed by atoms with Crippen LogP contribution in [-0.4, -0.2) is 39.0 Å². The summed E-state index contributed by atoms with van der Waals surface area (Å²) in [5.41, 5.74) is 1.84. The molecule has 0 aliphatic carbocycles. The molecule has 0 aromatic heterocycles. The van der Waals surface area contributed by atoms with Gasteiger partial charge >= 0.3 is 0 Å². The van der Waals surface area contributed by atoms with E-state index in [1.54, 1.807) is 31.4 Å². The number of hydrogen-bond donors (Lipinski definition) is 1. The van der Waals surface area contributed by atoms with Crippen LogP contribution in [0.1, 0.15) is 18.1 Å². The second-order valence-corrected chi connectivity index (χ2v) is 5.99. The number of nitrogens with one attached hydrogen (secondary N) is 1. The van der Waals surface area contributed by atoms with E-state index < -0.39 is 0 Å². The van der Waals surface area contributed by atoms with Gasteiger partial charge in [-0.1, -0.05) is 35.0 Å². The lowest BCUT2D eigenvalue weighted by Crippen LogP contribution is -2.33. The van der Waals surface area contributed by atoms with E-state index in [0.29, 0.717) is 41.7 Å². The number of rotatable bonds is 9. The number of oxime groups is 1. The molecule has 144 valence electrons. The van der Waals surface area contributed by atoms with Crippen molar-refractivity contribution in [3.63, 3.8) is 0 Å². The molecule has 2 aromatic carbocycles. The van der Waals surface area contributed by atoms with Gasteiger partial charge in [0.25, 0.3) is 5.91 Å². The Kier molecular flexibility index (Phi) is 7.95. The van der Waals surface area contributed by atoms with Gasteiger partial charge in [0, 0.05) is 17.1 Å². The lowest BCUT2D eigenvalue weighted by atomic mass is 10.1. The van der Waals surface area contributed by atoms with Crippen molar-refractivity contribution < 1.29 is 19.1 Å². The zero-order valence-electron chi connectivity index (χ0n) is 15.6. The van der Waals surface area contributed by atoms with Crippen LogP contribution < -0.4 is 14.8 Å². The summed E-state index contributed by atoms with van der Waals surface area (Å²) in [6.07, 6.45) is 0.634. The molecular formula is C20H23ClN2O4. The lowest BCUT2D eigenvalue weighted by Gasteiger charge is -2.11. The highest BCUT2D eigenvalue weighted by atomic mass is 35.5. The molecule has 0 saturated heterocycles. The van der Waals surface area contributed by atoms with E-state index in [-0.39, 0.29) is 11.6 Å². The Hall–Kier alpha value is -2.73. The van der Waals surface area contributed by atoms with Gasteiger partial charge in [-0.05, 0) is 43.2 Å². The van der Waals surface area contributed by atoms with Gasteiger partial charge in [0.2, 0.25) is 0 Å². The van der Waals surface area contributed by atoms with Crippen LogP contribution in [0.2, 0.25) is 5.02 Å². The standard InChI is InChI=1S/C20H23ClN2O4/c1-4-27-17-10-5-14(13-18(17)25-2)11-12-22-20(24)19(23-26-3)15-6-8-16(21)9-7-15/h5-10,13H,4,11-12H2,1-3H3,(H,22,24). The van der Waals surface area contributed by atoms with Gasteiger partial charge < -0.3 is 19.6 Å². The van der Waals surface area contributed by atoms with Gasteiger partial charge in [0.15, 0.2) is 17.2 Å². The van der Waals surface area contributed by atoms with Gasteiger partial charge in [0.05, 0.1) is 13.7 Å². The Bertz CT molecular complexity index is 791. The molecule has 0 bridgehead atoms. The van der Waals surface area contributed by atoms with Crippen LogP contribution in [0.4, 0.5) is 0 Å². The van der Waals surface area contributed by atoms with E-state index in [4.69, 9.17) is 25.9 Å². The Labute approximate surface area is 164 Å². The summed E-state index contributed by atoms with van der Waals surface area (Å²) < 4.78 is 10.9. The van der Waals surface area contributed by atoms with Crippen molar-refractivity contribution in [3.8, 4) is 11.5 Å². The van der Waals surface area contributed by atoms with E-state index in [9.17, 15) is 4.79 Å². The maximum absolute atomic E-state index is 12.5. The van der Waals surface area contributed by atoms with Gasteiger partial charge in [-0.25, -0.2) is 0 Å². The molecule has 27 heavy (non-hydrogen) atoms. The van der Waals surface area contributed by atoms with Crippen molar-refractivity contribution in [1.82, 2.24) is 5.32 Å². The average molecular weight is 391 g/mol. The Morgan fingerprint density at radius 2 is 1.85 bits per heavy atom. The number of nitrogens with zero attached hydrogens (tertiary/aromatic N) is 1. The third-order valence-electron chi connectivity index (χ3n) is 3.74.